The van der Waals surface area contributed by atoms with Gasteiger partial charge < -0.3 is 24.7 Å². The van der Waals surface area contributed by atoms with Crippen LogP contribution in [0.2, 0.25) is 0 Å². The third-order valence-electron chi connectivity index (χ3n) is 15.5. The van der Waals surface area contributed by atoms with Crippen LogP contribution in [0, 0.1) is 15.5 Å². The van der Waals surface area contributed by atoms with Crippen molar-refractivity contribution in [1.29, 1.82) is 0 Å². The molecule has 1 amide bonds. The van der Waals surface area contributed by atoms with E-state index in [0.29, 0.717) is 42.8 Å². The second-order valence-electron chi connectivity index (χ2n) is 19.6. The van der Waals surface area contributed by atoms with Crippen molar-refractivity contribution >= 4 is 44.0 Å². The average molecular weight is 915 g/mol. The molecule has 4 aliphatic heterocycles. The van der Waals surface area contributed by atoms with Crippen LogP contribution >= 0.6 is 0 Å². The molecule has 5 aromatic rings. The smallest absolute Gasteiger partial charge is 0.297 e. The second-order valence-corrected chi connectivity index (χ2v) is 21.3. The van der Waals surface area contributed by atoms with Crippen LogP contribution in [-0.2, 0) is 14.8 Å². The summed E-state index contributed by atoms with van der Waals surface area (Å²) < 4.78 is 41.8. The third kappa shape index (κ3) is 8.30. The maximum absolute atomic E-state index is 14.3. The molecule has 3 atom stereocenters. The van der Waals surface area contributed by atoms with Crippen LogP contribution in [0.15, 0.2) is 84.0 Å². The number of H-pyrrole nitrogens is 1. The molecule has 15 nitrogen and oxygen atoms in total. The number of carbonyl (C=O) groups is 1. The van der Waals surface area contributed by atoms with Gasteiger partial charge in [0.2, 0.25) is 0 Å². The number of fused-ring (bicyclic) bond motifs is 2. The van der Waals surface area contributed by atoms with Gasteiger partial charge in [-0.15, -0.1) is 0 Å². The third-order valence-corrected chi connectivity index (χ3v) is 16.8. The lowest BCUT2D eigenvalue weighted by Gasteiger charge is -2.56. The zero-order valence-corrected chi connectivity index (χ0v) is 38.2. The Hall–Kier alpha value is -5.55. The number of pyridine rings is 1. The molecule has 3 saturated heterocycles. The Kier molecular flexibility index (Phi) is 11.3. The highest BCUT2D eigenvalue weighted by molar-refractivity contribution is 7.90. The first kappa shape index (κ1) is 43.0. The predicted octanol–water partition coefficient (Wildman–Crippen LogP) is 7.71. The van der Waals surface area contributed by atoms with Crippen molar-refractivity contribution in [3.8, 4) is 5.75 Å². The molecule has 3 N–H and O–H groups in total. The summed E-state index contributed by atoms with van der Waals surface area (Å²) in [5.74, 6) is -0.379. The Balaban J connectivity index is 0.813. The Bertz CT molecular complexity index is 2770. The molecule has 66 heavy (non-hydrogen) atoms. The fourth-order valence-electron chi connectivity index (χ4n) is 11.6. The van der Waals surface area contributed by atoms with Crippen molar-refractivity contribution in [2.75, 3.05) is 69.3 Å². The minimum Gasteiger partial charge on any atom is -0.489 e. The number of benzene rings is 3. The summed E-state index contributed by atoms with van der Waals surface area (Å²) >= 11 is 0. The number of nitrogens with zero attached hydrogens (tertiary/aromatic N) is 5. The number of rotatable bonds is 12. The first-order valence-electron chi connectivity index (χ1n) is 23.8. The molecule has 2 aromatic heterocycles. The highest BCUT2D eigenvalue weighted by atomic mass is 32.2. The van der Waals surface area contributed by atoms with E-state index in [9.17, 15) is 23.3 Å². The largest absolute Gasteiger partial charge is 0.489 e. The van der Waals surface area contributed by atoms with Crippen LogP contribution in [0.4, 0.5) is 17.1 Å². The van der Waals surface area contributed by atoms with E-state index in [1.807, 2.05) is 37.4 Å². The van der Waals surface area contributed by atoms with Crippen molar-refractivity contribution in [2.24, 2.45) is 5.41 Å². The number of nitro groups is 1. The Morgan fingerprint density at radius 3 is 2.55 bits per heavy atom. The summed E-state index contributed by atoms with van der Waals surface area (Å²) in [4.78, 5) is 40.8. The lowest BCUT2D eigenvalue weighted by molar-refractivity contribution is -0.384. The molecule has 0 bridgehead atoms. The summed E-state index contributed by atoms with van der Waals surface area (Å²) in [6.45, 7) is 8.43. The number of anilines is 2. The lowest BCUT2D eigenvalue weighted by atomic mass is 9.59. The monoisotopic (exact) mass is 914 g/mol. The quantitative estimate of drug-likeness (QED) is 0.0823. The fourth-order valence-corrected chi connectivity index (χ4v) is 12.6. The number of ether oxygens (including phenoxy) is 2. The van der Waals surface area contributed by atoms with E-state index in [-0.39, 0.29) is 35.6 Å². The minimum absolute atomic E-state index is 0.0391. The molecule has 3 unspecified atom stereocenters. The van der Waals surface area contributed by atoms with Gasteiger partial charge >= 0.3 is 0 Å². The maximum atomic E-state index is 14.3. The second kappa shape index (κ2) is 17.3. The van der Waals surface area contributed by atoms with Gasteiger partial charge in [0.1, 0.15) is 12.3 Å². The molecule has 346 valence electrons. The van der Waals surface area contributed by atoms with Crippen LogP contribution < -0.4 is 19.7 Å². The number of nitrogens with one attached hydrogen (secondary N) is 3. The molecule has 6 aliphatic rings. The van der Waals surface area contributed by atoms with Crippen LogP contribution in [0.1, 0.15) is 109 Å². The Morgan fingerprint density at radius 1 is 0.985 bits per heavy atom. The molecule has 5 fully saturated rings. The SMILES string of the molecule is CC(c1cnc2[nH]ccc2c1)c1cc(N2CCC3(CC2)CC(N2CCCC2c2ccccc2C2CC2)C3)ccc1C(=O)NS(=O)(=O)c1cc2c(c([N+](=O)[O-])c1)NC(CN1CCOCC1)CO2. The minimum atomic E-state index is -4.60. The highest BCUT2D eigenvalue weighted by Gasteiger charge is 2.50. The van der Waals surface area contributed by atoms with E-state index in [4.69, 9.17) is 9.47 Å². The van der Waals surface area contributed by atoms with Crippen LogP contribution in [0.25, 0.3) is 11.0 Å². The summed E-state index contributed by atoms with van der Waals surface area (Å²) in [7, 11) is -4.60. The first-order valence-corrected chi connectivity index (χ1v) is 25.2. The van der Waals surface area contributed by atoms with Gasteiger partial charge in [-0.2, -0.15) is 0 Å². The summed E-state index contributed by atoms with van der Waals surface area (Å²) in [6.07, 6.45) is 13.4. The van der Waals surface area contributed by atoms with Crippen LogP contribution in [0.5, 0.6) is 5.75 Å². The molecule has 2 saturated carbocycles. The van der Waals surface area contributed by atoms with Crippen molar-refractivity contribution in [1.82, 2.24) is 24.5 Å². The lowest BCUT2D eigenvalue weighted by Crippen LogP contribution is -2.55. The van der Waals surface area contributed by atoms with E-state index in [2.05, 4.69) is 59.0 Å². The number of aromatic nitrogens is 2. The number of likely N-dealkylation sites (tertiary alicyclic amines) is 1. The van der Waals surface area contributed by atoms with E-state index >= 15 is 0 Å². The van der Waals surface area contributed by atoms with Crippen molar-refractivity contribution in [3.05, 3.63) is 117 Å². The van der Waals surface area contributed by atoms with Gasteiger partial charge in [-0.25, -0.2) is 18.1 Å². The fraction of sp³-hybridized carbons (Fsp3) is 0.480. The Morgan fingerprint density at radius 2 is 1.77 bits per heavy atom. The number of nitro benzene ring substituents is 1. The Labute approximate surface area is 385 Å². The van der Waals surface area contributed by atoms with Gasteiger partial charge in [-0.3, -0.25) is 24.7 Å². The predicted molar refractivity (Wildman–Crippen MR) is 252 cm³/mol. The molecule has 11 rings (SSSR count). The van der Waals surface area contributed by atoms with E-state index < -0.39 is 31.4 Å². The van der Waals surface area contributed by atoms with Crippen molar-refractivity contribution < 1.29 is 27.6 Å². The normalized spacial score (nSPS) is 22.9. The topological polar surface area (TPSA) is 175 Å². The molecule has 6 heterocycles. The van der Waals surface area contributed by atoms with E-state index in [0.717, 1.165) is 73.3 Å². The van der Waals surface area contributed by atoms with Gasteiger partial charge in [0.25, 0.3) is 21.6 Å². The molecule has 3 aromatic carbocycles. The van der Waals surface area contributed by atoms with Crippen molar-refractivity contribution in [2.45, 2.75) is 93.1 Å². The number of piperidine rings is 1. The van der Waals surface area contributed by atoms with Gasteiger partial charge in [-0.1, -0.05) is 31.2 Å². The molecular weight excluding hydrogens is 857 g/mol. The number of hydrogen-bond donors (Lipinski definition) is 3. The summed E-state index contributed by atoms with van der Waals surface area (Å²) in [6, 6.07) is 22.0. The summed E-state index contributed by atoms with van der Waals surface area (Å²) in [5.41, 5.74) is 6.60. The number of aromatic amines is 1. The van der Waals surface area contributed by atoms with Gasteiger partial charge in [0.05, 0.1) is 29.1 Å². The van der Waals surface area contributed by atoms with Crippen molar-refractivity contribution in [3.63, 3.8) is 0 Å². The van der Waals surface area contributed by atoms with Gasteiger partial charge in [-0.05, 0) is 122 Å². The average Bonchev–Trinajstić information content (AvgIpc) is 3.86. The number of morpholine rings is 1. The first-order chi connectivity index (χ1) is 32.0. The maximum Gasteiger partial charge on any atom is 0.297 e. The highest BCUT2D eigenvalue weighted by Crippen LogP contribution is 2.55. The standard InChI is InChI=1S/C50H58N8O7S/c1-32(35-23-34-12-15-51-48(34)52-29-35)43-24-37(56-17-13-50(14-18-56)27-38(28-50)57-16-4-7-44(57)41-6-3-2-5-40(41)33-8-9-33)10-11-42(43)49(59)54-66(62,63)39-25-45(58(60)61)47-46(26-39)65-31-36(53-47)30-55-19-21-64-22-20-55/h2-3,5-6,10-12,15,23-26,29,32-33,36,38,44,53H,4,7-9,13-14,16-22,27-28,30-31H2,1H3,(H,51,52)(H,54,59). The van der Waals surface area contributed by atoms with Gasteiger partial charge in [0.15, 0.2) is 11.4 Å². The van der Waals surface area contributed by atoms with Gasteiger partial charge in [0, 0.05) is 91.9 Å². The zero-order chi connectivity index (χ0) is 45.2. The molecule has 2 aliphatic carbocycles. The number of amides is 1. The number of carbonyl (C=O) groups excluding carboxylic acids is 1. The van der Waals surface area contributed by atoms with E-state index in [1.54, 1.807) is 23.4 Å². The van der Waals surface area contributed by atoms with Crippen LogP contribution in [0.3, 0.4) is 0 Å². The molecular formula is C50H58N8O7S. The summed E-state index contributed by atoms with van der Waals surface area (Å²) in [5, 5.41) is 16.5. The number of sulfonamides is 1. The number of hydrogen-bond acceptors (Lipinski definition) is 12. The molecule has 1 spiro atoms. The molecule has 16 heteroatoms. The zero-order valence-electron chi connectivity index (χ0n) is 37.4. The van der Waals surface area contributed by atoms with E-state index in [1.165, 1.54) is 51.1 Å². The van der Waals surface area contributed by atoms with Crippen LogP contribution in [-0.4, -0.2) is 110 Å². The molecule has 0 radical (unpaired) electrons.